The predicted octanol–water partition coefficient (Wildman–Crippen LogP) is 2.80. The van der Waals surface area contributed by atoms with Crippen molar-refractivity contribution < 1.29 is 5.11 Å². The largest absolute Gasteiger partial charge is 0.388 e. The number of hydrogen-bond donors (Lipinski definition) is 2. The van der Waals surface area contributed by atoms with Gasteiger partial charge in [0.25, 0.3) is 0 Å². The van der Waals surface area contributed by atoms with Gasteiger partial charge in [0.2, 0.25) is 0 Å². The molecular formula is C15H23NO. The zero-order chi connectivity index (χ0) is 12.3. The Morgan fingerprint density at radius 1 is 1.29 bits per heavy atom. The van der Waals surface area contributed by atoms with E-state index in [1.807, 2.05) is 12.1 Å². The molecule has 1 fully saturated rings. The van der Waals surface area contributed by atoms with Gasteiger partial charge in [-0.2, -0.15) is 0 Å². The van der Waals surface area contributed by atoms with Gasteiger partial charge in [-0.25, -0.2) is 0 Å². The molecule has 1 aromatic rings. The standard InChI is InChI=1S/C15H23NO/c1-2-12-7-3-4-8-13(12)14(17)15(11-16)9-5-6-10-15/h3-4,7-8,14,17H,2,5-6,9-11,16H2,1H3. The number of hydrogen-bond acceptors (Lipinski definition) is 2. The van der Waals surface area contributed by atoms with Crippen molar-refractivity contribution in [2.24, 2.45) is 11.1 Å². The molecule has 17 heavy (non-hydrogen) atoms. The van der Waals surface area contributed by atoms with Gasteiger partial charge < -0.3 is 10.8 Å². The number of aryl methyl sites for hydroxylation is 1. The molecule has 0 aromatic heterocycles. The van der Waals surface area contributed by atoms with Crippen molar-refractivity contribution in [3.63, 3.8) is 0 Å². The molecule has 0 spiro atoms. The molecule has 1 aliphatic carbocycles. The van der Waals surface area contributed by atoms with Gasteiger partial charge in [0, 0.05) is 12.0 Å². The summed E-state index contributed by atoms with van der Waals surface area (Å²) in [5, 5.41) is 10.7. The van der Waals surface area contributed by atoms with Crippen LogP contribution < -0.4 is 5.73 Å². The van der Waals surface area contributed by atoms with Gasteiger partial charge in [0.05, 0.1) is 6.10 Å². The molecule has 1 atom stereocenters. The van der Waals surface area contributed by atoms with Crippen LogP contribution in [0.2, 0.25) is 0 Å². The summed E-state index contributed by atoms with van der Waals surface area (Å²) in [6, 6.07) is 8.21. The second-order valence-electron chi connectivity index (χ2n) is 5.23. The number of rotatable bonds is 4. The van der Waals surface area contributed by atoms with E-state index >= 15 is 0 Å². The summed E-state index contributed by atoms with van der Waals surface area (Å²) in [6.07, 6.45) is 5.08. The predicted molar refractivity (Wildman–Crippen MR) is 70.7 cm³/mol. The fraction of sp³-hybridized carbons (Fsp3) is 0.600. The van der Waals surface area contributed by atoms with Crippen molar-refractivity contribution >= 4 is 0 Å². The van der Waals surface area contributed by atoms with E-state index in [4.69, 9.17) is 5.73 Å². The molecule has 2 rings (SSSR count). The van der Waals surface area contributed by atoms with Crippen LogP contribution in [0.25, 0.3) is 0 Å². The summed E-state index contributed by atoms with van der Waals surface area (Å²) in [4.78, 5) is 0. The SMILES string of the molecule is CCc1ccccc1C(O)C1(CN)CCCC1. The maximum absolute atomic E-state index is 10.7. The molecule has 1 aliphatic rings. The molecular weight excluding hydrogens is 210 g/mol. The van der Waals surface area contributed by atoms with Crippen molar-refractivity contribution in [1.82, 2.24) is 0 Å². The first-order valence-corrected chi connectivity index (χ1v) is 6.69. The molecule has 0 saturated heterocycles. The van der Waals surface area contributed by atoms with Crippen LogP contribution in [-0.2, 0) is 6.42 Å². The lowest BCUT2D eigenvalue weighted by Gasteiger charge is -2.34. The summed E-state index contributed by atoms with van der Waals surface area (Å²) in [5.41, 5.74) is 8.20. The average molecular weight is 233 g/mol. The highest BCUT2D eigenvalue weighted by Crippen LogP contribution is 2.47. The van der Waals surface area contributed by atoms with Crippen LogP contribution in [0, 0.1) is 5.41 Å². The lowest BCUT2D eigenvalue weighted by atomic mass is 9.76. The minimum atomic E-state index is -0.397. The zero-order valence-corrected chi connectivity index (χ0v) is 10.7. The van der Waals surface area contributed by atoms with Crippen LogP contribution in [0.4, 0.5) is 0 Å². The van der Waals surface area contributed by atoms with E-state index in [1.165, 1.54) is 18.4 Å². The number of benzene rings is 1. The maximum Gasteiger partial charge on any atom is 0.0860 e. The Balaban J connectivity index is 2.32. The van der Waals surface area contributed by atoms with E-state index in [0.29, 0.717) is 6.54 Å². The molecule has 94 valence electrons. The lowest BCUT2D eigenvalue weighted by Crippen LogP contribution is -2.34. The third-order valence-electron chi connectivity index (χ3n) is 4.32. The van der Waals surface area contributed by atoms with E-state index < -0.39 is 6.10 Å². The first-order valence-electron chi connectivity index (χ1n) is 6.69. The van der Waals surface area contributed by atoms with Gasteiger partial charge in [-0.05, 0) is 30.4 Å². The third kappa shape index (κ3) is 2.24. The van der Waals surface area contributed by atoms with Gasteiger partial charge in [-0.15, -0.1) is 0 Å². The quantitative estimate of drug-likeness (QED) is 0.840. The van der Waals surface area contributed by atoms with Crippen LogP contribution in [0.5, 0.6) is 0 Å². The Morgan fingerprint density at radius 3 is 2.53 bits per heavy atom. The van der Waals surface area contributed by atoms with Crippen molar-refractivity contribution in [2.45, 2.75) is 45.1 Å². The second kappa shape index (κ2) is 5.19. The Kier molecular flexibility index (Phi) is 3.85. The van der Waals surface area contributed by atoms with E-state index in [9.17, 15) is 5.11 Å². The summed E-state index contributed by atoms with van der Waals surface area (Å²) in [7, 11) is 0. The van der Waals surface area contributed by atoms with Crippen molar-refractivity contribution in [1.29, 1.82) is 0 Å². The molecule has 3 N–H and O–H groups in total. The average Bonchev–Trinajstić information content (AvgIpc) is 2.88. The number of aliphatic hydroxyl groups is 1. The molecule has 2 heteroatoms. The fourth-order valence-electron chi connectivity index (χ4n) is 3.12. The van der Waals surface area contributed by atoms with E-state index in [2.05, 4.69) is 19.1 Å². The molecule has 2 nitrogen and oxygen atoms in total. The Bertz CT molecular complexity index is 369. The molecule has 0 bridgehead atoms. The fourth-order valence-corrected chi connectivity index (χ4v) is 3.12. The Labute approximate surface area is 104 Å². The Morgan fingerprint density at radius 2 is 1.94 bits per heavy atom. The normalized spacial score (nSPS) is 20.4. The first-order chi connectivity index (χ1) is 8.23. The monoisotopic (exact) mass is 233 g/mol. The topological polar surface area (TPSA) is 46.2 Å². The molecule has 0 heterocycles. The van der Waals surface area contributed by atoms with Crippen molar-refractivity contribution in [3.05, 3.63) is 35.4 Å². The molecule has 1 aromatic carbocycles. The van der Waals surface area contributed by atoms with Gasteiger partial charge >= 0.3 is 0 Å². The number of aliphatic hydroxyl groups excluding tert-OH is 1. The highest BCUT2D eigenvalue weighted by Gasteiger charge is 2.40. The second-order valence-corrected chi connectivity index (χ2v) is 5.23. The third-order valence-corrected chi connectivity index (χ3v) is 4.32. The van der Waals surface area contributed by atoms with Gasteiger partial charge in [0.15, 0.2) is 0 Å². The maximum atomic E-state index is 10.7. The van der Waals surface area contributed by atoms with Crippen LogP contribution in [0.15, 0.2) is 24.3 Å². The smallest absolute Gasteiger partial charge is 0.0860 e. The van der Waals surface area contributed by atoms with Gasteiger partial charge in [-0.1, -0.05) is 44.0 Å². The summed E-state index contributed by atoms with van der Waals surface area (Å²) in [6.45, 7) is 2.72. The first kappa shape index (κ1) is 12.6. The van der Waals surface area contributed by atoms with Gasteiger partial charge in [-0.3, -0.25) is 0 Å². The minimum absolute atomic E-state index is 0.0781. The highest BCUT2D eigenvalue weighted by molar-refractivity contribution is 5.30. The Hall–Kier alpha value is -0.860. The van der Waals surface area contributed by atoms with Crippen molar-refractivity contribution in [3.8, 4) is 0 Å². The van der Waals surface area contributed by atoms with E-state index in [0.717, 1.165) is 24.8 Å². The van der Waals surface area contributed by atoms with Gasteiger partial charge in [0.1, 0.15) is 0 Å². The van der Waals surface area contributed by atoms with E-state index in [1.54, 1.807) is 0 Å². The van der Waals surface area contributed by atoms with Crippen molar-refractivity contribution in [2.75, 3.05) is 6.54 Å². The highest BCUT2D eigenvalue weighted by atomic mass is 16.3. The lowest BCUT2D eigenvalue weighted by molar-refractivity contribution is 0.0327. The molecule has 0 aliphatic heterocycles. The van der Waals surface area contributed by atoms with Crippen LogP contribution >= 0.6 is 0 Å². The summed E-state index contributed by atoms with van der Waals surface area (Å²) in [5.74, 6) is 0. The summed E-state index contributed by atoms with van der Waals surface area (Å²) >= 11 is 0. The number of nitrogens with two attached hydrogens (primary N) is 1. The van der Waals surface area contributed by atoms with Crippen LogP contribution in [0.3, 0.4) is 0 Å². The molecule has 1 saturated carbocycles. The minimum Gasteiger partial charge on any atom is -0.388 e. The zero-order valence-electron chi connectivity index (χ0n) is 10.7. The van der Waals surface area contributed by atoms with Crippen LogP contribution in [-0.4, -0.2) is 11.7 Å². The molecule has 0 amide bonds. The van der Waals surface area contributed by atoms with E-state index in [-0.39, 0.29) is 5.41 Å². The molecule has 0 radical (unpaired) electrons. The molecule has 1 unspecified atom stereocenters. The summed E-state index contributed by atoms with van der Waals surface area (Å²) < 4.78 is 0. The van der Waals surface area contributed by atoms with Crippen LogP contribution in [0.1, 0.15) is 49.8 Å².